The predicted octanol–water partition coefficient (Wildman–Crippen LogP) is 4.98. The van der Waals surface area contributed by atoms with Crippen molar-refractivity contribution in [1.29, 1.82) is 0 Å². The fourth-order valence-corrected chi connectivity index (χ4v) is 6.58. The summed E-state index contributed by atoms with van der Waals surface area (Å²) < 4.78 is 63.5. The molecule has 2 aromatic heterocycles. The van der Waals surface area contributed by atoms with E-state index in [2.05, 4.69) is 12.0 Å². The molecule has 9 nitrogen and oxygen atoms in total. The molecule has 220 valence electrons. The smallest absolute Gasteiger partial charge is 0.268 e. The van der Waals surface area contributed by atoms with E-state index in [9.17, 15) is 22.0 Å². The summed E-state index contributed by atoms with van der Waals surface area (Å²) >= 11 is 0. The van der Waals surface area contributed by atoms with E-state index in [4.69, 9.17) is 9.72 Å². The Morgan fingerprint density at radius 3 is 2.54 bits per heavy atom. The van der Waals surface area contributed by atoms with Crippen LogP contribution in [0.5, 0.6) is 5.88 Å². The van der Waals surface area contributed by atoms with Crippen molar-refractivity contribution in [3.05, 3.63) is 59.5 Å². The average Bonchev–Trinajstić information content (AvgIpc) is 3.52. The number of aromatic nitrogens is 3. The van der Waals surface area contributed by atoms with Crippen LogP contribution in [0.2, 0.25) is 0 Å². The number of nitrogens with one attached hydrogen (secondary N) is 1. The lowest BCUT2D eigenvalue weighted by atomic mass is 9.97. The topological polar surface area (TPSA) is 106 Å². The number of halogens is 2. The molecule has 1 aliphatic carbocycles. The van der Waals surface area contributed by atoms with E-state index in [0.717, 1.165) is 37.0 Å². The van der Waals surface area contributed by atoms with Gasteiger partial charge in [0.15, 0.2) is 5.82 Å². The Balaban J connectivity index is 1.49. The molecule has 1 amide bonds. The molecule has 5 rings (SSSR count). The molecule has 2 aliphatic rings. The number of carbonyl (C=O) groups excluding carboxylic acids is 1. The second-order valence-electron chi connectivity index (χ2n) is 12.0. The second kappa shape index (κ2) is 10.4. The molecule has 1 N–H and O–H groups in total. The van der Waals surface area contributed by atoms with Crippen molar-refractivity contribution in [2.24, 2.45) is 11.3 Å². The highest BCUT2D eigenvalue weighted by Gasteiger charge is 2.49. The van der Waals surface area contributed by atoms with Gasteiger partial charge < -0.3 is 9.64 Å². The van der Waals surface area contributed by atoms with E-state index in [1.54, 1.807) is 19.2 Å². The zero-order valence-electron chi connectivity index (χ0n) is 23.8. The van der Waals surface area contributed by atoms with Gasteiger partial charge in [0.1, 0.15) is 22.7 Å². The minimum absolute atomic E-state index is 0.0313. The van der Waals surface area contributed by atoms with E-state index in [-0.39, 0.29) is 23.5 Å². The first-order valence-corrected chi connectivity index (χ1v) is 15.1. The number of carbonyl (C=O) groups is 1. The highest BCUT2D eigenvalue weighted by molar-refractivity contribution is 7.90. The Hall–Kier alpha value is -3.54. The molecule has 0 bridgehead atoms. The van der Waals surface area contributed by atoms with E-state index >= 15 is 0 Å². The van der Waals surface area contributed by atoms with Gasteiger partial charge in [0.05, 0.1) is 12.2 Å². The largest absolute Gasteiger partial charge is 0.476 e. The Morgan fingerprint density at radius 1 is 1.22 bits per heavy atom. The van der Waals surface area contributed by atoms with Crippen LogP contribution in [0.25, 0.3) is 5.82 Å². The third-order valence-corrected chi connectivity index (χ3v) is 9.47. The minimum Gasteiger partial charge on any atom is -0.476 e. The summed E-state index contributed by atoms with van der Waals surface area (Å²) in [5, 5.41) is 4.53. The first-order chi connectivity index (χ1) is 19.2. The third-order valence-electron chi connectivity index (χ3n) is 8.11. The lowest BCUT2D eigenvalue weighted by Gasteiger charge is -2.34. The van der Waals surface area contributed by atoms with Crippen LogP contribution in [-0.2, 0) is 10.0 Å². The Morgan fingerprint density at radius 2 is 1.93 bits per heavy atom. The predicted molar refractivity (Wildman–Crippen MR) is 150 cm³/mol. The number of sulfonamides is 1. The van der Waals surface area contributed by atoms with Gasteiger partial charge in [-0.3, -0.25) is 4.79 Å². The van der Waals surface area contributed by atoms with Gasteiger partial charge in [-0.05, 0) is 77.1 Å². The van der Waals surface area contributed by atoms with Gasteiger partial charge in [-0.15, -0.1) is 5.10 Å². The fourth-order valence-electron chi connectivity index (χ4n) is 5.54. The third kappa shape index (κ3) is 5.66. The first kappa shape index (κ1) is 29.0. The van der Waals surface area contributed by atoms with E-state index < -0.39 is 38.2 Å². The Kier molecular flexibility index (Phi) is 7.33. The summed E-state index contributed by atoms with van der Waals surface area (Å²) in [5.74, 6) is -0.537. The lowest BCUT2D eigenvalue weighted by Crippen LogP contribution is -2.41. The zero-order valence-corrected chi connectivity index (χ0v) is 24.6. The van der Waals surface area contributed by atoms with E-state index in [1.165, 1.54) is 22.9 Å². The standard InChI is InChI=1S/C29H35F2N5O4S/c1-18-14-28(4,5)35(15-18)25-21(26(37)34-41(38,39)23-9-7-6-8-22(23)31)10-11-24(32-25)36-16-19(2)27(33-36)40-17-29(12-13-29)20(3)30/h6-11,16,18,20H,12-15,17H2,1-5H3,(H,34,37)/t18-,20?/m0/s1. The van der Waals surface area contributed by atoms with Crippen LogP contribution >= 0.6 is 0 Å². The molecular formula is C29H35F2N5O4S. The molecule has 0 spiro atoms. The quantitative estimate of drug-likeness (QED) is 0.377. The molecule has 1 saturated heterocycles. The molecule has 1 aromatic carbocycles. The average molecular weight is 588 g/mol. The SMILES string of the molecule is Cc1cn(-c2ccc(C(=O)NS(=O)(=O)c3ccccc3F)c(N3C[C@@H](C)CC3(C)C)n2)nc1OCC1(C(C)F)CC1. The summed E-state index contributed by atoms with van der Waals surface area (Å²) in [6.07, 6.45) is 3.15. The van der Waals surface area contributed by atoms with Gasteiger partial charge in [0, 0.05) is 29.3 Å². The van der Waals surface area contributed by atoms with Crippen LogP contribution in [0.4, 0.5) is 14.6 Å². The lowest BCUT2D eigenvalue weighted by molar-refractivity contribution is 0.0981. The van der Waals surface area contributed by atoms with Gasteiger partial charge in [0.25, 0.3) is 15.9 Å². The summed E-state index contributed by atoms with van der Waals surface area (Å²) in [5.41, 5.74) is -0.0645. The molecule has 1 saturated carbocycles. The van der Waals surface area contributed by atoms with Crippen molar-refractivity contribution in [3.63, 3.8) is 0 Å². The van der Waals surface area contributed by atoms with Gasteiger partial charge in [-0.25, -0.2) is 31.6 Å². The summed E-state index contributed by atoms with van der Waals surface area (Å²) in [4.78, 5) is 19.6. The number of hydrogen-bond donors (Lipinski definition) is 1. The van der Waals surface area contributed by atoms with Crippen molar-refractivity contribution < 1.29 is 26.7 Å². The van der Waals surface area contributed by atoms with Crippen molar-refractivity contribution in [1.82, 2.24) is 19.5 Å². The number of anilines is 1. The zero-order chi connectivity index (χ0) is 29.7. The van der Waals surface area contributed by atoms with E-state index in [1.807, 2.05) is 30.4 Å². The molecule has 3 heterocycles. The maximum absolute atomic E-state index is 14.3. The molecule has 2 atom stereocenters. The molecule has 41 heavy (non-hydrogen) atoms. The number of amides is 1. The number of pyridine rings is 1. The fraction of sp³-hybridized carbons (Fsp3) is 0.483. The molecule has 2 fully saturated rings. The number of benzene rings is 1. The van der Waals surface area contributed by atoms with Gasteiger partial charge >= 0.3 is 0 Å². The highest BCUT2D eigenvalue weighted by atomic mass is 32.2. The van der Waals surface area contributed by atoms with Crippen LogP contribution in [0.15, 0.2) is 47.5 Å². The molecule has 1 unspecified atom stereocenters. The van der Waals surface area contributed by atoms with Crippen molar-refractivity contribution in [2.75, 3.05) is 18.1 Å². The van der Waals surface area contributed by atoms with Gasteiger partial charge in [0.2, 0.25) is 5.88 Å². The summed E-state index contributed by atoms with van der Waals surface area (Å²) in [6, 6.07) is 7.91. The van der Waals surface area contributed by atoms with Crippen LogP contribution in [0, 0.1) is 24.1 Å². The number of hydrogen-bond acceptors (Lipinski definition) is 7. The maximum atomic E-state index is 14.3. The van der Waals surface area contributed by atoms with Crippen LogP contribution < -0.4 is 14.4 Å². The number of nitrogens with zero attached hydrogens (tertiary/aromatic N) is 4. The molecular weight excluding hydrogens is 552 g/mol. The van der Waals surface area contributed by atoms with E-state index in [0.29, 0.717) is 24.2 Å². The second-order valence-corrected chi connectivity index (χ2v) is 13.6. The molecule has 1 aliphatic heterocycles. The monoisotopic (exact) mass is 587 g/mol. The number of ether oxygens (including phenoxy) is 1. The minimum atomic E-state index is -4.48. The Labute approximate surface area is 239 Å². The first-order valence-electron chi connectivity index (χ1n) is 13.7. The van der Waals surface area contributed by atoms with Gasteiger partial charge in [-0.2, -0.15) is 0 Å². The molecule has 0 radical (unpaired) electrons. The maximum Gasteiger partial charge on any atom is 0.268 e. The van der Waals surface area contributed by atoms with Crippen molar-refractivity contribution >= 4 is 21.7 Å². The summed E-state index contributed by atoms with van der Waals surface area (Å²) in [7, 11) is -4.48. The van der Waals surface area contributed by atoms with Crippen molar-refractivity contribution in [2.45, 2.75) is 70.5 Å². The van der Waals surface area contributed by atoms with Crippen LogP contribution in [-0.4, -0.2) is 54.0 Å². The van der Waals surface area contributed by atoms with Gasteiger partial charge in [-0.1, -0.05) is 19.1 Å². The summed E-state index contributed by atoms with van der Waals surface area (Å²) in [6.45, 7) is 10.4. The number of alkyl halides is 1. The Bertz CT molecular complexity index is 1580. The van der Waals surface area contributed by atoms with Crippen LogP contribution in [0.1, 0.15) is 62.9 Å². The molecule has 3 aromatic rings. The number of aryl methyl sites for hydroxylation is 1. The number of rotatable bonds is 9. The van der Waals surface area contributed by atoms with Crippen LogP contribution in [0.3, 0.4) is 0 Å². The normalized spacial score (nSPS) is 20.1. The highest BCUT2D eigenvalue weighted by Crippen LogP contribution is 2.50. The molecule has 12 heteroatoms. The van der Waals surface area contributed by atoms with Crippen molar-refractivity contribution in [3.8, 4) is 11.7 Å².